The van der Waals surface area contributed by atoms with E-state index in [1.54, 1.807) is 0 Å². The van der Waals surface area contributed by atoms with Crippen LogP contribution in [0.15, 0.2) is 0 Å². The number of rotatable bonds is 4. The summed E-state index contributed by atoms with van der Waals surface area (Å²) in [5, 5.41) is 2.35. The quantitative estimate of drug-likeness (QED) is 0.666. The van der Waals surface area contributed by atoms with Crippen molar-refractivity contribution in [2.75, 3.05) is 13.3 Å². The van der Waals surface area contributed by atoms with E-state index in [9.17, 15) is 18.4 Å². The van der Waals surface area contributed by atoms with Crippen molar-refractivity contribution in [1.29, 1.82) is 0 Å². The number of hydrogen-bond donors (Lipinski definition) is 1. The van der Waals surface area contributed by atoms with Crippen LogP contribution in [0.2, 0.25) is 0 Å². The molecule has 14 heavy (non-hydrogen) atoms. The van der Waals surface area contributed by atoms with Gasteiger partial charge in [0, 0.05) is 6.42 Å². The predicted molar refractivity (Wildman–Crippen MR) is 43.0 cm³/mol. The molecule has 0 aromatic rings. The lowest BCUT2D eigenvalue weighted by Gasteiger charge is -2.14. The largest absolute Gasteiger partial charge is 0.455 e. The maximum Gasteiger partial charge on any atom is 0.329 e. The minimum absolute atomic E-state index is 0.246. The van der Waals surface area contributed by atoms with Crippen molar-refractivity contribution in [2.45, 2.75) is 25.0 Å². The van der Waals surface area contributed by atoms with Gasteiger partial charge < -0.3 is 10.1 Å². The summed E-state index contributed by atoms with van der Waals surface area (Å²) in [5.74, 6) is -1.01. The summed E-state index contributed by atoms with van der Waals surface area (Å²) in [5.41, 5.74) is 0. The highest BCUT2D eigenvalue weighted by atomic mass is 19.1. The number of amides is 1. The van der Waals surface area contributed by atoms with Gasteiger partial charge in [0.1, 0.15) is 19.4 Å². The number of hydrogen-bond acceptors (Lipinski definition) is 3. The standard InChI is InChI=1S/C8H11F2NO3/c9-3-5(4-10)14-8(13)6-1-2-7(12)11-6/h5-6H,1-4H2,(H,11,12)/t6-/m0/s1. The Labute approximate surface area is 79.6 Å². The molecule has 0 aliphatic carbocycles. The smallest absolute Gasteiger partial charge is 0.329 e. The Bertz CT molecular complexity index is 231. The Kier molecular flexibility index (Phi) is 3.79. The van der Waals surface area contributed by atoms with Gasteiger partial charge in [0.15, 0.2) is 6.10 Å². The average molecular weight is 207 g/mol. The monoisotopic (exact) mass is 207 g/mol. The van der Waals surface area contributed by atoms with E-state index in [4.69, 9.17) is 0 Å². The fourth-order valence-corrected chi connectivity index (χ4v) is 1.14. The van der Waals surface area contributed by atoms with E-state index >= 15 is 0 Å². The van der Waals surface area contributed by atoms with Crippen LogP contribution in [0, 0.1) is 0 Å². The molecule has 0 aromatic carbocycles. The first-order valence-electron chi connectivity index (χ1n) is 4.29. The van der Waals surface area contributed by atoms with Crippen LogP contribution in [0.5, 0.6) is 0 Å². The Morgan fingerprint density at radius 2 is 2.21 bits per heavy atom. The second-order valence-corrected chi connectivity index (χ2v) is 3.03. The van der Waals surface area contributed by atoms with Gasteiger partial charge in [-0.05, 0) is 6.42 Å². The summed E-state index contributed by atoms with van der Waals surface area (Å²) in [6.07, 6.45) is -0.779. The second-order valence-electron chi connectivity index (χ2n) is 3.03. The van der Waals surface area contributed by atoms with Crippen molar-refractivity contribution >= 4 is 11.9 Å². The minimum Gasteiger partial charge on any atom is -0.455 e. The van der Waals surface area contributed by atoms with Gasteiger partial charge in [-0.25, -0.2) is 13.6 Å². The molecule has 1 rings (SSSR count). The van der Waals surface area contributed by atoms with Crippen molar-refractivity contribution in [3.63, 3.8) is 0 Å². The molecule has 1 heterocycles. The molecule has 0 saturated carbocycles. The first-order valence-corrected chi connectivity index (χ1v) is 4.29. The summed E-state index contributed by atoms with van der Waals surface area (Å²) in [7, 11) is 0. The van der Waals surface area contributed by atoms with Crippen LogP contribution < -0.4 is 5.32 Å². The summed E-state index contributed by atoms with van der Waals surface area (Å²) in [6.45, 7) is -2.11. The Hall–Kier alpha value is -1.20. The van der Waals surface area contributed by atoms with Gasteiger partial charge in [-0.15, -0.1) is 0 Å². The van der Waals surface area contributed by atoms with Crippen molar-refractivity contribution in [1.82, 2.24) is 5.32 Å². The lowest BCUT2D eigenvalue weighted by Crippen LogP contribution is -2.37. The fourth-order valence-electron chi connectivity index (χ4n) is 1.14. The third kappa shape index (κ3) is 2.65. The van der Waals surface area contributed by atoms with Gasteiger partial charge in [0.2, 0.25) is 5.91 Å². The maximum absolute atomic E-state index is 12.0. The Morgan fingerprint density at radius 3 is 2.64 bits per heavy atom. The van der Waals surface area contributed by atoms with E-state index in [1.807, 2.05) is 0 Å². The summed E-state index contributed by atoms with van der Waals surface area (Å²) in [4.78, 5) is 21.9. The number of ether oxygens (including phenoxy) is 1. The van der Waals surface area contributed by atoms with Crippen LogP contribution in [-0.4, -0.2) is 37.4 Å². The molecule has 0 bridgehead atoms. The van der Waals surface area contributed by atoms with E-state index in [0.717, 1.165) is 0 Å². The molecule has 1 amide bonds. The van der Waals surface area contributed by atoms with Crippen molar-refractivity contribution in [3.8, 4) is 0 Å². The third-order valence-corrected chi connectivity index (χ3v) is 1.91. The second kappa shape index (κ2) is 4.88. The normalized spacial score (nSPS) is 21.1. The zero-order chi connectivity index (χ0) is 10.6. The first kappa shape index (κ1) is 10.9. The number of carbonyl (C=O) groups is 2. The zero-order valence-corrected chi connectivity index (χ0v) is 7.46. The molecule has 1 fully saturated rings. The van der Waals surface area contributed by atoms with E-state index in [1.165, 1.54) is 0 Å². The lowest BCUT2D eigenvalue weighted by molar-refractivity contribution is -0.153. The van der Waals surface area contributed by atoms with Crippen molar-refractivity contribution < 1.29 is 23.1 Å². The molecule has 1 saturated heterocycles. The van der Waals surface area contributed by atoms with Gasteiger partial charge in [0.05, 0.1) is 0 Å². The Balaban J connectivity index is 2.38. The summed E-state index contributed by atoms with van der Waals surface area (Å²) >= 11 is 0. The van der Waals surface area contributed by atoms with Crippen LogP contribution in [0.1, 0.15) is 12.8 Å². The third-order valence-electron chi connectivity index (χ3n) is 1.91. The fraction of sp³-hybridized carbons (Fsp3) is 0.750. The molecule has 4 nitrogen and oxygen atoms in total. The average Bonchev–Trinajstić information content (AvgIpc) is 2.61. The number of nitrogens with one attached hydrogen (secondary N) is 1. The molecule has 80 valence electrons. The van der Waals surface area contributed by atoms with E-state index in [2.05, 4.69) is 10.1 Å². The lowest BCUT2D eigenvalue weighted by atomic mass is 10.2. The molecule has 0 unspecified atom stereocenters. The SMILES string of the molecule is O=C1CC[C@@H](C(=O)OC(CF)CF)N1. The van der Waals surface area contributed by atoms with Gasteiger partial charge in [0.25, 0.3) is 0 Å². The number of halogens is 2. The van der Waals surface area contributed by atoms with Crippen LogP contribution in [0.4, 0.5) is 8.78 Å². The van der Waals surface area contributed by atoms with E-state index in [-0.39, 0.29) is 12.3 Å². The first-order chi connectivity index (χ1) is 6.67. The van der Waals surface area contributed by atoms with Crippen LogP contribution in [-0.2, 0) is 14.3 Å². The number of carbonyl (C=O) groups excluding carboxylic acids is 2. The molecular formula is C8H11F2NO3. The number of alkyl halides is 2. The molecule has 0 spiro atoms. The summed E-state index contributed by atoms with van der Waals surface area (Å²) in [6, 6.07) is -0.747. The van der Waals surface area contributed by atoms with Crippen LogP contribution >= 0.6 is 0 Å². The highest BCUT2D eigenvalue weighted by molar-refractivity contribution is 5.88. The molecular weight excluding hydrogens is 196 g/mol. The van der Waals surface area contributed by atoms with E-state index < -0.39 is 31.5 Å². The molecule has 1 aliphatic rings. The van der Waals surface area contributed by atoms with Crippen LogP contribution in [0.25, 0.3) is 0 Å². The molecule has 1 aliphatic heterocycles. The molecule has 6 heteroatoms. The maximum atomic E-state index is 12.0. The molecule has 0 aromatic heterocycles. The Morgan fingerprint density at radius 1 is 1.57 bits per heavy atom. The molecule has 1 atom stereocenters. The molecule has 1 N–H and O–H groups in total. The van der Waals surface area contributed by atoms with Crippen molar-refractivity contribution in [2.24, 2.45) is 0 Å². The topological polar surface area (TPSA) is 55.4 Å². The van der Waals surface area contributed by atoms with Crippen LogP contribution in [0.3, 0.4) is 0 Å². The van der Waals surface area contributed by atoms with E-state index in [0.29, 0.717) is 6.42 Å². The minimum atomic E-state index is -1.35. The highest BCUT2D eigenvalue weighted by Crippen LogP contribution is 2.09. The molecule has 0 radical (unpaired) electrons. The number of esters is 1. The highest BCUT2D eigenvalue weighted by Gasteiger charge is 2.30. The van der Waals surface area contributed by atoms with Gasteiger partial charge in [-0.2, -0.15) is 0 Å². The summed E-state index contributed by atoms with van der Waals surface area (Å²) < 4.78 is 28.4. The zero-order valence-electron chi connectivity index (χ0n) is 7.46. The predicted octanol–water partition coefficient (Wildman–Crippen LogP) is 0.116. The van der Waals surface area contributed by atoms with Gasteiger partial charge >= 0.3 is 5.97 Å². The van der Waals surface area contributed by atoms with Crippen molar-refractivity contribution in [3.05, 3.63) is 0 Å². The van der Waals surface area contributed by atoms with Gasteiger partial charge in [-0.3, -0.25) is 4.79 Å². The van der Waals surface area contributed by atoms with Gasteiger partial charge in [-0.1, -0.05) is 0 Å².